The number of aliphatic hydroxyl groups is 3. The van der Waals surface area contributed by atoms with Crippen molar-refractivity contribution in [2.75, 3.05) is 26.9 Å². The molecule has 11 nitrogen and oxygen atoms in total. The average molecular weight is 1080 g/mol. The van der Waals surface area contributed by atoms with E-state index in [0.29, 0.717) is 40.7 Å². The third kappa shape index (κ3) is 10.7. The number of esters is 2. The van der Waals surface area contributed by atoms with Gasteiger partial charge in [-0.05, 0) is 172 Å². The molecule has 4 heterocycles. The summed E-state index contributed by atoms with van der Waals surface area (Å²) in [6, 6.07) is 32.6. The molecule has 0 saturated heterocycles. The van der Waals surface area contributed by atoms with Gasteiger partial charge in [-0.2, -0.15) is 0 Å². The molecule has 3 N–H and O–H groups in total. The predicted octanol–water partition coefficient (Wildman–Crippen LogP) is 13.1. The number of rotatable bonds is 11. The lowest BCUT2D eigenvalue weighted by Crippen LogP contribution is -2.59. The Hall–Kier alpha value is -5.59. The Kier molecular flexibility index (Phi) is 16.4. The van der Waals surface area contributed by atoms with Gasteiger partial charge in [0.05, 0.1) is 25.4 Å². The van der Waals surface area contributed by atoms with Crippen LogP contribution in [-0.4, -0.2) is 65.9 Å². The van der Waals surface area contributed by atoms with E-state index in [1.165, 1.54) is 48.6 Å². The molecule has 7 aliphatic rings. The summed E-state index contributed by atoms with van der Waals surface area (Å²) in [5.41, 5.74) is 6.09. The number of aliphatic hydroxyl groups excluding tert-OH is 3. The summed E-state index contributed by atoms with van der Waals surface area (Å²) in [5, 5.41) is 32.4. The van der Waals surface area contributed by atoms with Gasteiger partial charge in [0, 0.05) is 53.9 Å². The molecule has 4 aliphatic carbocycles. The minimum Gasteiger partial charge on any atom is -0.483 e. The van der Waals surface area contributed by atoms with Crippen LogP contribution in [0.1, 0.15) is 204 Å². The van der Waals surface area contributed by atoms with Crippen molar-refractivity contribution in [3.63, 3.8) is 0 Å². The van der Waals surface area contributed by atoms with Gasteiger partial charge in [0.25, 0.3) is 0 Å². The second-order valence-electron chi connectivity index (χ2n) is 24.9. The summed E-state index contributed by atoms with van der Waals surface area (Å²) in [7, 11) is 1.52. The molecule has 0 amide bonds. The molecule has 3 aliphatic heterocycles. The van der Waals surface area contributed by atoms with Gasteiger partial charge in [-0.15, -0.1) is 0 Å². The Morgan fingerprint density at radius 1 is 0.772 bits per heavy atom. The highest BCUT2D eigenvalue weighted by Gasteiger charge is 2.59. The van der Waals surface area contributed by atoms with Gasteiger partial charge >= 0.3 is 17.6 Å². The van der Waals surface area contributed by atoms with E-state index in [0.717, 1.165) is 89.0 Å². The fraction of sp³-hybridized carbons (Fsp3) is 0.544. The number of hydrogen-bond acceptors (Lipinski definition) is 11. The van der Waals surface area contributed by atoms with Crippen LogP contribution in [0.25, 0.3) is 11.0 Å². The number of carbonyl (C=O) groups is 2. The van der Waals surface area contributed by atoms with Crippen molar-refractivity contribution >= 4 is 22.9 Å². The minimum absolute atomic E-state index is 0.0503. The van der Waals surface area contributed by atoms with Crippen molar-refractivity contribution in [2.45, 2.75) is 190 Å². The van der Waals surface area contributed by atoms with E-state index in [9.17, 15) is 20.1 Å². The SMILES string of the molecule is COCC(CCO)c1c(CO)c2ccc3c(c2oc1=O)C1OC(=O)CC2CC(c4cccc(C5(c6ccccc6)CCCCC5)c4)CCC2c2ccc(cc2)CCC(=C(C)CO)C(=O)OC1C(C)(C1CCCC2(CCCC2)C1)O3. The Morgan fingerprint density at radius 3 is 2.25 bits per heavy atom. The van der Waals surface area contributed by atoms with Crippen molar-refractivity contribution in [3.8, 4) is 5.75 Å². The number of aryl methyl sites for hydroxylation is 1. The van der Waals surface area contributed by atoms with E-state index < -0.39 is 47.9 Å². The van der Waals surface area contributed by atoms with Crippen LogP contribution in [0.4, 0.5) is 0 Å². The highest BCUT2D eigenvalue weighted by Crippen LogP contribution is 2.58. The minimum atomic E-state index is -1.30. The summed E-state index contributed by atoms with van der Waals surface area (Å²) >= 11 is 0. The van der Waals surface area contributed by atoms with Crippen LogP contribution in [0.2, 0.25) is 0 Å². The first-order valence-corrected chi connectivity index (χ1v) is 29.9. The van der Waals surface area contributed by atoms with Crippen LogP contribution in [0, 0.1) is 17.3 Å². The summed E-state index contributed by atoms with van der Waals surface area (Å²) < 4.78 is 33.3. The van der Waals surface area contributed by atoms with Crippen molar-refractivity contribution in [1.29, 1.82) is 0 Å². The van der Waals surface area contributed by atoms with Crippen LogP contribution in [0.5, 0.6) is 5.75 Å². The molecule has 1 spiro atoms. The highest BCUT2D eigenvalue weighted by atomic mass is 16.6. The maximum Gasteiger partial charge on any atom is 0.340 e. The molecule has 79 heavy (non-hydrogen) atoms. The zero-order chi connectivity index (χ0) is 54.9. The van der Waals surface area contributed by atoms with Crippen LogP contribution in [0.3, 0.4) is 0 Å². The maximum atomic E-state index is 15.6. The van der Waals surface area contributed by atoms with Crippen molar-refractivity contribution < 1.29 is 48.3 Å². The largest absolute Gasteiger partial charge is 0.483 e. The second-order valence-corrected chi connectivity index (χ2v) is 24.9. The zero-order valence-corrected chi connectivity index (χ0v) is 46.8. The maximum absolute atomic E-state index is 15.6. The van der Waals surface area contributed by atoms with Crippen molar-refractivity contribution in [2.24, 2.45) is 17.3 Å². The molecule has 420 valence electrons. The van der Waals surface area contributed by atoms with Crippen LogP contribution >= 0.6 is 0 Å². The lowest BCUT2D eigenvalue weighted by molar-refractivity contribution is -0.203. The predicted molar refractivity (Wildman–Crippen MR) is 304 cm³/mol. The van der Waals surface area contributed by atoms with Crippen LogP contribution < -0.4 is 10.4 Å². The van der Waals surface area contributed by atoms with E-state index in [-0.39, 0.29) is 83.9 Å². The van der Waals surface area contributed by atoms with E-state index in [2.05, 4.69) is 78.9 Å². The molecule has 12 rings (SSSR count). The molecule has 0 radical (unpaired) electrons. The second kappa shape index (κ2) is 23.5. The van der Waals surface area contributed by atoms with E-state index in [4.69, 9.17) is 23.4 Å². The van der Waals surface area contributed by atoms with Gasteiger partial charge in [-0.25, -0.2) is 9.59 Å². The Bertz CT molecular complexity index is 3070. The van der Waals surface area contributed by atoms with Crippen LogP contribution in [-0.2, 0) is 42.2 Å². The van der Waals surface area contributed by atoms with E-state index >= 15 is 9.59 Å². The number of benzene rings is 4. The lowest BCUT2D eigenvalue weighted by atomic mass is 9.62. The quantitative estimate of drug-likeness (QED) is 0.0656. The topological polar surface area (TPSA) is 162 Å². The summed E-state index contributed by atoms with van der Waals surface area (Å²) in [4.78, 5) is 45.4. The van der Waals surface area contributed by atoms with Crippen molar-refractivity contribution in [1.82, 2.24) is 0 Å². The Balaban J connectivity index is 1.04. The van der Waals surface area contributed by atoms with E-state index in [1.807, 2.05) is 13.0 Å². The first kappa shape index (κ1) is 55.3. The van der Waals surface area contributed by atoms with Crippen LogP contribution in [0.15, 0.2) is 111 Å². The summed E-state index contributed by atoms with van der Waals surface area (Å²) in [5.74, 6) is -1.28. The smallest absolute Gasteiger partial charge is 0.340 e. The number of hydrogen-bond donors (Lipinski definition) is 3. The Morgan fingerprint density at radius 2 is 1.52 bits per heavy atom. The summed E-state index contributed by atoms with van der Waals surface area (Å²) in [6.07, 6.45) is 15.4. The van der Waals surface area contributed by atoms with Gasteiger partial charge in [0.2, 0.25) is 0 Å². The lowest BCUT2D eigenvalue weighted by Gasteiger charge is -2.52. The first-order valence-electron chi connectivity index (χ1n) is 29.9. The normalized spacial score (nSPS) is 28.0. The molecular formula is C68H82O11. The van der Waals surface area contributed by atoms with Crippen molar-refractivity contribution in [3.05, 3.63) is 157 Å². The third-order valence-corrected chi connectivity index (χ3v) is 20.4. The molecule has 2 bridgehead atoms. The number of fused-ring (bicyclic) bond motifs is 11. The molecule has 11 heteroatoms. The Labute approximate surface area is 466 Å². The third-order valence-electron chi connectivity index (χ3n) is 20.4. The number of methoxy groups -OCH3 is 1. The summed E-state index contributed by atoms with van der Waals surface area (Å²) in [6.45, 7) is 2.77. The molecule has 1 aromatic heterocycles. The highest BCUT2D eigenvalue weighted by molar-refractivity contribution is 5.90. The van der Waals surface area contributed by atoms with Gasteiger partial charge < -0.3 is 38.7 Å². The van der Waals surface area contributed by atoms with Gasteiger partial charge in [-0.3, -0.25) is 4.79 Å². The van der Waals surface area contributed by atoms with Gasteiger partial charge in [0.1, 0.15) is 16.9 Å². The molecule has 5 aromatic rings. The molecule has 8 atom stereocenters. The fourth-order valence-corrected chi connectivity index (χ4v) is 16.2. The molecule has 4 aromatic carbocycles. The molecule has 4 fully saturated rings. The monoisotopic (exact) mass is 1070 g/mol. The molecular weight excluding hydrogens is 993 g/mol. The first-order chi connectivity index (χ1) is 38.4. The van der Waals surface area contributed by atoms with Gasteiger partial charge in [0.15, 0.2) is 12.2 Å². The van der Waals surface area contributed by atoms with Gasteiger partial charge in [-0.1, -0.05) is 117 Å². The fourth-order valence-electron chi connectivity index (χ4n) is 16.2. The number of ether oxygens (including phenoxy) is 4. The zero-order valence-electron chi connectivity index (χ0n) is 46.8. The standard InChI is InChI=1S/C68H82O11/c1-43(40-70)53-25-21-44-19-22-45(23-20-44)54-26-24-47(46-14-12-17-51(37-46)68(33-8-5-9-34-68)50-15-6-4-7-16-50)36-49(54)38-58(72)76-62-60-57(28-27-55-56(41-71)59(65(74)77-61(55)60)48(29-35-69)42-75-3)79-66(2,63(62)78-64(53)73)52-18-13-32-67(39-52)30-10-11-31-67/h4,6-7,12,14-17,19-20,22-23,27-28,37,47-49,52,54,62-63,69-71H,5,8-11,13,18,21,24-26,29-36,38-42H2,1-3H3. The van der Waals surface area contributed by atoms with E-state index in [1.54, 1.807) is 13.0 Å². The molecule has 4 saturated carbocycles. The average Bonchev–Trinajstić information content (AvgIpc) is 3.93. The number of carbonyl (C=O) groups excluding carboxylic acids is 2. The molecule has 8 unspecified atom stereocenters.